The highest BCUT2D eigenvalue weighted by molar-refractivity contribution is 9.10. The summed E-state index contributed by atoms with van der Waals surface area (Å²) in [7, 11) is 0. The van der Waals surface area contributed by atoms with Crippen LogP contribution < -0.4 is 10.9 Å². The van der Waals surface area contributed by atoms with Crippen LogP contribution in [0.15, 0.2) is 58.5 Å². The minimum atomic E-state index is -0.494. The van der Waals surface area contributed by atoms with Crippen molar-refractivity contribution in [2.24, 2.45) is 0 Å². The first kappa shape index (κ1) is 16.3. The topological polar surface area (TPSA) is 84.0 Å². The van der Waals surface area contributed by atoms with Crippen LogP contribution in [0.4, 0.5) is 0 Å². The van der Waals surface area contributed by atoms with Gasteiger partial charge in [0.1, 0.15) is 16.4 Å². The summed E-state index contributed by atoms with van der Waals surface area (Å²) in [4.78, 5) is 32.1. The highest BCUT2D eigenvalue weighted by Crippen LogP contribution is 2.26. The van der Waals surface area contributed by atoms with Gasteiger partial charge in [0.05, 0.1) is 0 Å². The van der Waals surface area contributed by atoms with E-state index < -0.39 is 11.8 Å². The van der Waals surface area contributed by atoms with Crippen LogP contribution in [-0.4, -0.2) is 21.8 Å². The number of benzene rings is 1. The number of rotatable bonds is 3. The van der Waals surface area contributed by atoms with Gasteiger partial charge in [-0.25, -0.2) is 4.98 Å². The predicted molar refractivity (Wildman–Crippen MR) is 94.4 cm³/mol. The zero-order valence-electron chi connectivity index (χ0n) is 12.2. The van der Waals surface area contributed by atoms with Crippen LogP contribution >= 0.6 is 27.3 Å². The molecule has 6 nitrogen and oxygen atoms in total. The average Bonchev–Trinajstić information content (AvgIpc) is 3.10. The van der Waals surface area contributed by atoms with Gasteiger partial charge in [0.2, 0.25) is 0 Å². The Morgan fingerprint density at radius 2 is 1.79 bits per heavy atom. The van der Waals surface area contributed by atoms with Crippen molar-refractivity contribution in [3.63, 3.8) is 0 Å². The average molecular weight is 403 g/mol. The lowest BCUT2D eigenvalue weighted by Gasteiger charge is -2.05. The van der Waals surface area contributed by atoms with Crippen molar-refractivity contribution in [3.8, 4) is 10.6 Å². The molecule has 0 aliphatic heterocycles. The van der Waals surface area contributed by atoms with Gasteiger partial charge < -0.3 is 0 Å². The van der Waals surface area contributed by atoms with Crippen LogP contribution in [0.5, 0.6) is 0 Å². The maximum absolute atomic E-state index is 12.1. The van der Waals surface area contributed by atoms with Crippen LogP contribution in [0.1, 0.15) is 21.0 Å². The molecule has 0 radical (unpaired) electrons. The van der Waals surface area contributed by atoms with E-state index in [1.54, 1.807) is 23.6 Å². The van der Waals surface area contributed by atoms with Gasteiger partial charge in [0.25, 0.3) is 11.8 Å². The Kier molecular flexibility index (Phi) is 4.97. The van der Waals surface area contributed by atoms with Crippen LogP contribution in [0.2, 0.25) is 0 Å². The van der Waals surface area contributed by atoms with Gasteiger partial charge in [-0.15, -0.1) is 11.3 Å². The van der Waals surface area contributed by atoms with E-state index in [4.69, 9.17) is 0 Å². The predicted octanol–water partition coefficient (Wildman–Crippen LogP) is 3.04. The number of nitrogens with one attached hydrogen (secondary N) is 2. The van der Waals surface area contributed by atoms with Gasteiger partial charge in [0, 0.05) is 21.6 Å². The monoisotopic (exact) mass is 402 g/mol. The van der Waals surface area contributed by atoms with Crippen molar-refractivity contribution in [2.75, 3.05) is 0 Å². The smallest absolute Gasteiger partial charge is 0.266 e. The van der Waals surface area contributed by atoms with Gasteiger partial charge in [-0.2, -0.15) is 0 Å². The van der Waals surface area contributed by atoms with E-state index in [1.807, 2.05) is 24.3 Å². The first-order valence-corrected chi connectivity index (χ1v) is 8.54. The van der Waals surface area contributed by atoms with Crippen molar-refractivity contribution in [1.29, 1.82) is 0 Å². The van der Waals surface area contributed by atoms with E-state index >= 15 is 0 Å². The summed E-state index contributed by atoms with van der Waals surface area (Å²) in [6.07, 6.45) is 1.50. The Bertz CT molecular complexity index is 883. The third kappa shape index (κ3) is 3.84. The molecule has 2 amide bonds. The molecule has 1 aromatic carbocycles. The number of hydrazine groups is 1. The van der Waals surface area contributed by atoms with Crippen molar-refractivity contribution in [3.05, 3.63) is 69.9 Å². The van der Waals surface area contributed by atoms with Gasteiger partial charge in [-0.3, -0.25) is 25.4 Å². The van der Waals surface area contributed by atoms with Gasteiger partial charge in [-0.1, -0.05) is 34.1 Å². The molecule has 0 atom stereocenters. The fraction of sp³-hybridized carbons (Fsp3) is 0. The zero-order chi connectivity index (χ0) is 16.9. The number of carbonyl (C=O) groups is 2. The van der Waals surface area contributed by atoms with E-state index in [2.05, 4.69) is 36.7 Å². The first-order chi connectivity index (χ1) is 11.6. The largest absolute Gasteiger partial charge is 0.289 e. The number of nitrogens with zero attached hydrogens (tertiary/aromatic N) is 2. The summed E-state index contributed by atoms with van der Waals surface area (Å²) in [5, 5.41) is 2.36. The normalized spacial score (nSPS) is 10.2. The second-order valence-corrected chi connectivity index (χ2v) is 6.45. The summed E-state index contributed by atoms with van der Waals surface area (Å²) in [5.74, 6) is -0.983. The number of aromatic nitrogens is 2. The molecule has 0 saturated carbocycles. The van der Waals surface area contributed by atoms with Crippen LogP contribution in [0.3, 0.4) is 0 Å². The molecule has 0 unspecified atom stereocenters. The second-order valence-electron chi connectivity index (χ2n) is 4.67. The third-order valence-corrected chi connectivity index (χ3v) is 4.38. The fourth-order valence-corrected chi connectivity index (χ4v) is 3.07. The lowest BCUT2D eigenvalue weighted by Crippen LogP contribution is -2.42. The fourth-order valence-electron chi connectivity index (χ4n) is 1.87. The molecule has 0 saturated heterocycles. The molecule has 0 aliphatic carbocycles. The summed E-state index contributed by atoms with van der Waals surface area (Å²) >= 11 is 4.75. The van der Waals surface area contributed by atoms with E-state index in [9.17, 15) is 9.59 Å². The first-order valence-electron chi connectivity index (χ1n) is 6.86. The summed E-state index contributed by atoms with van der Waals surface area (Å²) in [5.41, 5.74) is 6.00. The molecule has 3 aromatic rings. The van der Waals surface area contributed by atoms with E-state index in [0.717, 1.165) is 15.0 Å². The number of hydrogen-bond donors (Lipinski definition) is 2. The molecule has 3 rings (SSSR count). The molecule has 8 heteroatoms. The van der Waals surface area contributed by atoms with Crippen molar-refractivity contribution in [1.82, 2.24) is 20.8 Å². The molecule has 0 spiro atoms. The van der Waals surface area contributed by atoms with Crippen molar-refractivity contribution < 1.29 is 9.59 Å². The Balaban J connectivity index is 1.65. The standard InChI is InChI=1S/C16H11BrN4O2S/c17-11-5-3-4-10(8-11)16-19-13(9-24-16)15(23)21-20-14(22)12-6-1-2-7-18-12/h1-9H,(H,20,22)(H,21,23). The molecule has 2 heterocycles. The third-order valence-electron chi connectivity index (χ3n) is 3.00. The number of hydrogen-bond acceptors (Lipinski definition) is 5. The minimum Gasteiger partial charge on any atom is -0.266 e. The Labute approximate surface area is 150 Å². The number of carbonyl (C=O) groups excluding carboxylic acids is 2. The molecule has 120 valence electrons. The Morgan fingerprint density at radius 3 is 2.50 bits per heavy atom. The van der Waals surface area contributed by atoms with Crippen LogP contribution in [0.25, 0.3) is 10.6 Å². The molecular weight excluding hydrogens is 392 g/mol. The number of thiazole rings is 1. The van der Waals surface area contributed by atoms with E-state index in [0.29, 0.717) is 0 Å². The van der Waals surface area contributed by atoms with Gasteiger partial charge in [0.15, 0.2) is 0 Å². The summed E-state index contributed by atoms with van der Waals surface area (Å²) in [6.45, 7) is 0. The van der Waals surface area contributed by atoms with Gasteiger partial charge in [-0.05, 0) is 24.3 Å². The zero-order valence-corrected chi connectivity index (χ0v) is 14.6. The molecule has 2 aromatic heterocycles. The van der Waals surface area contributed by atoms with Crippen LogP contribution in [0, 0.1) is 0 Å². The molecule has 0 fully saturated rings. The van der Waals surface area contributed by atoms with Crippen LogP contribution in [-0.2, 0) is 0 Å². The molecule has 0 bridgehead atoms. The second kappa shape index (κ2) is 7.33. The highest BCUT2D eigenvalue weighted by Gasteiger charge is 2.13. The lowest BCUT2D eigenvalue weighted by molar-refractivity contribution is 0.0841. The summed E-state index contributed by atoms with van der Waals surface area (Å²) in [6, 6.07) is 12.6. The van der Waals surface area contributed by atoms with Crippen molar-refractivity contribution in [2.45, 2.75) is 0 Å². The molecular formula is C16H11BrN4O2S. The quantitative estimate of drug-likeness (QED) is 0.659. The maximum Gasteiger partial charge on any atom is 0.289 e. The number of amides is 2. The Hall–Kier alpha value is -2.58. The maximum atomic E-state index is 12.1. The van der Waals surface area contributed by atoms with E-state index in [1.165, 1.54) is 17.5 Å². The number of pyridine rings is 1. The molecule has 24 heavy (non-hydrogen) atoms. The SMILES string of the molecule is O=C(NNC(=O)c1csc(-c2cccc(Br)c2)n1)c1ccccn1. The highest BCUT2D eigenvalue weighted by atomic mass is 79.9. The summed E-state index contributed by atoms with van der Waals surface area (Å²) < 4.78 is 0.934. The van der Waals surface area contributed by atoms with E-state index in [-0.39, 0.29) is 11.4 Å². The Morgan fingerprint density at radius 1 is 1.00 bits per heavy atom. The molecule has 0 aliphatic rings. The lowest BCUT2D eigenvalue weighted by atomic mass is 10.2. The van der Waals surface area contributed by atoms with Gasteiger partial charge >= 0.3 is 0 Å². The number of halogens is 1. The minimum absolute atomic E-state index is 0.214. The van der Waals surface area contributed by atoms with Crippen molar-refractivity contribution >= 4 is 39.1 Å². The molecule has 2 N–H and O–H groups in total.